The van der Waals surface area contributed by atoms with Crippen LogP contribution in [0, 0.1) is 10.6 Å². The number of aromatic nitrogens is 3. The summed E-state index contributed by atoms with van der Waals surface area (Å²) >= 11 is 11.0. The van der Waals surface area contributed by atoms with Crippen molar-refractivity contribution in [2.45, 2.75) is 18.9 Å². The van der Waals surface area contributed by atoms with E-state index in [0.717, 1.165) is 12.8 Å². The normalized spacial score (nSPS) is 18.9. The summed E-state index contributed by atoms with van der Waals surface area (Å²) in [6, 6.07) is 4.46. The number of hydrogen-bond acceptors (Lipinski definition) is 3. The van der Waals surface area contributed by atoms with Crippen LogP contribution in [0.4, 0.5) is 4.39 Å². The molecule has 1 fully saturated rings. The van der Waals surface area contributed by atoms with Crippen molar-refractivity contribution in [3.8, 4) is 5.69 Å². The van der Waals surface area contributed by atoms with Gasteiger partial charge in [-0.25, -0.2) is 4.39 Å². The molecule has 1 aromatic heterocycles. The van der Waals surface area contributed by atoms with Gasteiger partial charge in [-0.1, -0.05) is 11.6 Å². The molecular weight excluding hydrogens is 289 g/mol. The van der Waals surface area contributed by atoms with E-state index < -0.39 is 5.82 Å². The summed E-state index contributed by atoms with van der Waals surface area (Å²) < 4.78 is 21.0. The minimum atomic E-state index is -0.459. The van der Waals surface area contributed by atoms with Crippen LogP contribution >= 0.6 is 23.8 Å². The van der Waals surface area contributed by atoms with Crippen LogP contribution in [0.5, 0.6) is 0 Å². The molecule has 4 nitrogen and oxygen atoms in total. The Hall–Kier alpha value is -1.24. The third-order valence-electron chi connectivity index (χ3n) is 3.08. The molecular formula is C12H11ClFN3OS. The number of rotatable bonds is 2. The highest BCUT2D eigenvalue weighted by atomic mass is 35.5. The molecule has 0 bridgehead atoms. The molecule has 0 radical (unpaired) electrons. The van der Waals surface area contributed by atoms with Crippen LogP contribution in [-0.4, -0.2) is 21.4 Å². The van der Waals surface area contributed by atoms with E-state index in [-0.39, 0.29) is 11.1 Å². The van der Waals surface area contributed by atoms with Gasteiger partial charge in [0.2, 0.25) is 0 Å². The van der Waals surface area contributed by atoms with Gasteiger partial charge in [-0.2, -0.15) is 5.10 Å². The Morgan fingerprint density at radius 3 is 3.05 bits per heavy atom. The number of aromatic amines is 1. The predicted octanol–water partition coefficient (Wildman–Crippen LogP) is 3.57. The van der Waals surface area contributed by atoms with Crippen molar-refractivity contribution in [2.24, 2.45) is 0 Å². The molecule has 0 saturated carbocycles. The van der Waals surface area contributed by atoms with Crippen LogP contribution in [0.15, 0.2) is 18.2 Å². The Kier molecular flexibility index (Phi) is 3.38. The average Bonchev–Trinajstić information content (AvgIpc) is 3.01. The second-order valence-corrected chi connectivity index (χ2v) is 5.12. The Bertz CT molecular complexity index is 663. The molecule has 0 amide bonds. The molecule has 19 heavy (non-hydrogen) atoms. The van der Waals surface area contributed by atoms with E-state index in [2.05, 4.69) is 10.2 Å². The monoisotopic (exact) mass is 299 g/mol. The Morgan fingerprint density at radius 2 is 2.37 bits per heavy atom. The van der Waals surface area contributed by atoms with Crippen molar-refractivity contribution in [3.63, 3.8) is 0 Å². The van der Waals surface area contributed by atoms with Gasteiger partial charge in [0.05, 0.1) is 10.7 Å². The lowest BCUT2D eigenvalue weighted by Gasteiger charge is -2.11. The molecule has 1 N–H and O–H groups in total. The first-order valence-corrected chi connectivity index (χ1v) is 6.70. The van der Waals surface area contributed by atoms with Crippen LogP contribution in [0.3, 0.4) is 0 Å². The van der Waals surface area contributed by atoms with Crippen LogP contribution in [0.2, 0.25) is 5.02 Å². The topological polar surface area (TPSA) is 42.8 Å². The third-order valence-corrected chi connectivity index (χ3v) is 3.64. The maximum absolute atomic E-state index is 13.2. The smallest absolute Gasteiger partial charge is 0.199 e. The molecule has 1 atom stereocenters. The minimum Gasteiger partial charge on any atom is -0.370 e. The molecule has 2 heterocycles. The van der Waals surface area contributed by atoms with E-state index in [1.807, 2.05) is 0 Å². The van der Waals surface area contributed by atoms with E-state index in [0.29, 0.717) is 22.9 Å². The average molecular weight is 300 g/mol. The zero-order valence-electron chi connectivity index (χ0n) is 9.90. The SMILES string of the molecule is Fc1ccc(-n2c([C@H]3CCCO3)n[nH]c2=S)cc1Cl. The lowest BCUT2D eigenvalue weighted by molar-refractivity contribution is 0.103. The molecule has 3 rings (SSSR count). The zero-order chi connectivity index (χ0) is 13.4. The molecule has 0 unspecified atom stereocenters. The highest BCUT2D eigenvalue weighted by Crippen LogP contribution is 2.29. The van der Waals surface area contributed by atoms with Gasteiger partial charge in [-0.05, 0) is 43.3 Å². The standard InChI is InChI=1S/C12H11ClFN3OS/c13-8-6-7(3-4-9(8)14)17-11(15-16-12(17)19)10-2-1-5-18-10/h3-4,6,10H,1-2,5H2,(H,16,19)/t10-/m1/s1. The predicted molar refractivity (Wildman–Crippen MR) is 71.6 cm³/mol. The molecule has 100 valence electrons. The van der Waals surface area contributed by atoms with E-state index in [1.165, 1.54) is 12.1 Å². The molecule has 0 spiro atoms. The quantitative estimate of drug-likeness (QED) is 0.862. The van der Waals surface area contributed by atoms with Gasteiger partial charge in [-0.3, -0.25) is 9.67 Å². The van der Waals surface area contributed by atoms with Gasteiger partial charge >= 0.3 is 0 Å². The highest BCUT2D eigenvalue weighted by Gasteiger charge is 2.24. The molecule has 1 saturated heterocycles. The Morgan fingerprint density at radius 1 is 1.53 bits per heavy atom. The molecule has 1 aromatic carbocycles. The summed E-state index contributed by atoms with van der Waals surface area (Å²) in [6.07, 6.45) is 1.81. The first kappa shape index (κ1) is 12.8. The largest absolute Gasteiger partial charge is 0.370 e. The fraction of sp³-hybridized carbons (Fsp3) is 0.333. The lowest BCUT2D eigenvalue weighted by atomic mass is 10.2. The first-order chi connectivity index (χ1) is 9.16. The van der Waals surface area contributed by atoms with E-state index in [1.54, 1.807) is 10.6 Å². The van der Waals surface area contributed by atoms with E-state index in [4.69, 9.17) is 28.6 Å². The molecule has 2 aromatic rings. The second kappa shape index (κ2) is 5.03. The van der Waals surface area contributed by atoms with Crippen LogP contribution in [0.1, 0.15) is 24.8 Å². The zero-order valence-corrected chi connectivity index (χ0v) is 11.5. The Balaban J connectivity index is 2.10. The maximum atomic E-state index is 13.2. The molecule has 1 aliphatic rings. The van der Waals surface area contributed by atoms with Crippen LogP contribution < -0.4 is 0 Å². The lowest BCUT2D eigenvalue weighted by Crippen LogP contribution is -2.07. The summed E-state index contributed by atoms with van der Waals surface area (Å²) in [5.74, 6) is 0.240. The maximum Gasteiger partial charge on any atom is 0.199 e. The number of ether oxygens (including phenoxy) is 1. The van der Waals surface area contributed by atoms with Gasteiger partial charge in [0.15, 0.2) is 10.6 Å². The van der Waals surface area contributed by atoms with E-state index in [9.17, 15) is 4.39 Å². The number of H-pyrrole nitrogens is 1. The van der Waals surface area contributed by atoms with Gasteiger partial charge in [-0.15, -0.1) is 0 Å². The van der Waals surface area contributed by atoms with Gasteiger partial charge in [0.25, 0.3) is 0 Å². The minimum absolute atomic E-state index is 0.0545. The van der Waals surface area contributed by atoms with Crippen LogP contribution in [-0.2, 0) is 4.74 Å². The number of benzene rings is 1. The fourth-order valence-corrected chi connectivity index (χ4v) is 2.60. The van der Waals surface area contributed by atoms with Crippen molar-refractivity contribution in [3.05, 3.63) is 39.6 Å². The summed E-state index contributed by atoms with van der Waals surface area (Å²) in [6.45, 7) is 0.717. The number of halogens is 2. The summed E-state index contributed by atoms with van der Waals surface area (Å²) in [5, 5.41) is 7.01. The van der Waals surface area contributed by atoms with Crippen molar-refractivity contribution in [1.29, 1.82) is 0 Å². The molecule has 1 aliphatic heterocycles. The summed E-state index contributed by atoms with van der Waals surface area (Å²) in [5.41, 5.74) is 0.677. The van der Waals surface area contributed by atoms with Crippen LogP contribution in [0.25, 0.3) is 5.69 Å². The van der Waals surface area contributed by atoms with Crippen molar-refractivity contribution in [2.75, 3.05) is 6.61 Å². The first-order valence-electron chi connectivity index (χ1n) is 5.91. The summed E-state index contributed by atoms with van der Waals surface area (Å²) in [4.78, 5) is 0. The number of nitrogens with one attached hydrogen (secondary N) is 1. The Labute approximate surface area is 119 Å². The van der Waals surface area contributed by atoms with Crippen molar-refractivity contribution in [1.82, 2.24) is 14.8 Å². The van der Waals surface area contributed by atoms with Gasteiger partial charge in [0, 0.05) is 6.61 Å². The van der Waals surface area contributed by atoms with Crippen molar-refractivity contribution >= 4 is 23.8 Å². The fourth-order valence-electron chi connectivity index (χ4n) is 2.18. The van der Waals surface area contributed by atoms with E-state index >= 15 is 0 Å². The molecule has 0 aliphatic carbocycles. The van der Waals surface area contributed by atoms with Crippen molar-refractivity contribution < 1.29 is 9.13 Å². The van der Waals surface area contributed by atoms with Gasteiger partial charge < -0.3 is 4.74 Å². The molecule has 7 heteroatoms. The van der Waals surface area contributed by atoms with Gasteiger partial charge in [0.1, 0.15) is 11.9 Å². The highest BCUT2D eigenvalue weighted by molar-refractivity contribution is 7.71. The third kappa shape index (κ3) is 2.31. The number of nitrogens with zero attached hydrogens (tertiary/aromatic N) is 2. The number of hydrogen-bond donors (Lipinski definition) is 1. The summed E-state index contributed by atoms with van der Waals surface area (Å²) in [7, 11) is 0. The second-order valence-electron chi connectivity index (χ2n) is 4.32.